The minimum atomic E-state index is -4.82. The maximum Gasteiger partial charge on any atom is 0.573 e. The molecule has 0 radical (unpaired) electrons. The first-order chi connectivity index (χ1) is 17.0. The smallest absolute Gasteiger partial charge is 0.489 e. The SMILES string of the molecule is CC1(C)CCC=C1c1ccc(COc2ccc(C(CC(=O)O)c3ccon3)cc2)cc1OC(F)(F)F. The number of rotatable bonds is 9. The van der Waals surface area contributed by atoms with E-state index in [0.29, 0.717) is 22.6 Å². The van der Waals surface area contributed by atoms with Crippen LogP contribution in [0.1, 0.15) is 61.4 Å². The summed E-state index contributed by atoms with van der Waals surface area (Å²) in [5.41, 5.74) is 2.77. The summed E-state index contributed by atoms with van der Waals surface area (Å²) in [5.74, 6) is -1.22. The number of benzene rings is 2. The van der Waals surface area contributed by atoms with Gasteiger partial charge in [0, 0.05) is 17.5 Å². The lowest BCUT2D eigenvalue weighted by molar-refractivity contribution is -0.274. The van der Waals surface area contributed by atoms with E-state index in [-0.39, 0.29) is 24.2 Å². The van der Waals surface area contributed by atoms with Crippen LogP contribution >= 0.6 is 0 Å². The largest absolute Gasteiger partial charge is 0.573 e. The molecular formula is C27H26F3NO5. The second-order valence-electron chi connectivity index (χ2n) is 9.35. The topological polar surface area (TPSA) is 81.8 Å². The second-order valence-corrected chi connectivity index (χ2v) is 9.35. The van der Waals surface area contributed by atoms with E-state index in [1.165, 1.54) is 12.3 Å². The number of hydrogen-bond acceptors (Lipinski definition) is 5. The molecule has 3 aromatic rings. The van der Waals surface area contributed by atoms with Gasteiger partial charge in [-0.1, -0.05) is 49.3 Å². The van der Waals surface area contributed by atoms with Gasteiger partial charge >= 0.3 is 12.3 Å². The summed E-state index contributed by atoms with van der Waals surface area (Å²) in [6, 6.07) is 13.2. The van der Waals surface area contributed by atoms with Gasteiger partial charge in [0.25, 0.3) is 0 Å². The van der Waals surface area contributed by atoms with Gasteiger partial charge in [-0.2, -0.15) is 0 Å². The van der Waals surface area contributed by atoms with Crippen molar-refractivity contribution in [1.29, 1.82) is 0 Å². The molecule has 0 amide bonds. The van der Waals surface area contributed by atoms with Gasteiger partial charge in [0.2, 0.25) is 0 Å². The van der Waals surface area contributed by atoms with Crippen LogP contribution in [-0.4, -0.2) is 22.6 Å². The highest BCUT2D eigenvalue weighted by atomic mass is 19.4. The van der Waals surface area contributed by atoms with Gasteiger partial charge in [-0.3, -0.25) is 4.79 Å². The number of ether oxygens (including phenoxy) is 2. The number of halogens is 3. The van der Waals surface area contributed by atoms with Gasteiger partial charge < -0.3 is 19.1 Å². The molecule has 1 aliphatic carbocycles. The Morgan fingerprint density at radius 1 is 1.17 bits per heavy atom. The van der Waals surface area contributed by atoms with Gasteiger partial charge in [-0.25, -0.2) is 0 Å². The van der Waals surface area contributed by atoms with Crippen molar-refractivity contribution >= 4 is 11.5 Å². The molecule has 0 saturated carbocycles. The lowest BCUT2D eigenvalue weighted by Gasteiger charge is -2.25. The van der Waals surface area contributed by atoms with Gasteiger partial charge in [-0.15, -0.1) is 13.2 Å². The third kappa shape index (κ3) is 6.08. The van der Waals surface area contributed by atoms with Gasteiger partial charge in [0.1, 0.15) is 24.4 Å². The van der Waals surface area contributed by atoms with Crippen LogP contribution in [0, 0.1) is 5.41 Å². The number of carbonyl (C=O) groups is 1. The predicted molar refractivity (Wildman–Crippen MR) is 125 cm³/mol. The van der Waals surface area contributed by atoms with E-state index >= 15 is 0 Å². The molecule has 4 rings (SSSR count). The molecule has 1 aromatic heterocycles. The second kappa shape index (κ2) is 10.1. The molecule has 0 aliphatic heterocycles. The monoisotopic (exact) mass is 501 g/mol. The Hall–Kier alpha value is -3.75. The van der Waals surface area contributed by atoms with Crippen LogP contribution in [0.5, 0.6) is 11.5 Å². The molecule has 190 valence electrons. The molecule has 9 heteroatoms. The number of nitrogens with zero attached hydrogens (tertiary/aromatic N) is 1. The quantitative estimate of drug-likeness (QED) is 0.341. The van der Waals surface area contributed by atoms with Crippen LogP contribution in [0.25, 0.3) is 5.57 Å². The van der Waals surface area contributed by atoms with Crippen molar-refractivity contribution in [2.45, 2.75) is 52.0 Å². The first-order valence-corrected chi connectivity index (χ1v) is 11.5. The number of aromatic nitrogens is 1. The number of aliphatic carboxylic acids is 1. The molecule has 1 atom stereocenters. The van der Waals surface area contributed by atoms with Crippen molar-refractivity contribution in [2.75, 3.05) is 0 Å². The lowest BCUT2D eigenvalue weighted by atomic mass is 9.81. The Labute approximate surface area is 206 Å². The zero-order valence-electron chi connectivity index (χ0n) is 19.8. The summed E-state index contributed by atoms with van der Waals surface area (Å²) < 4.78 is 54.5. The molecule has 1 aliphatic rings. The van der Waals surface area contributed by atoms with Crippen molar-refractivity contribution in [3.63, 3.8) is 0 Å². The molecule has 0 saturated heterocycles. The normalized spacial score (nSPS) is 15.9. The molecule has 1 heterocycles. The Morgan fingerprint density at radius 2 is 1.92 bits per heavy atom. The molecule has 0 bridgehead atoms. The summed E-state index contributed by atoms with van der Waals surface area (Å²) in [6.45, 7) is 4.04. The molecule has 6 nitrogen and oxygen atoms in total. The van der Waals surface area contributed by atoms with E-state index < -0.39 is 18.2 Å². The number of alkyl halides is 3. The van der Waals surface area contributed by atoms with Crippen molar-refractivity contribution < 1.29 is 37.1 Å². The number of carboxylic acids is 1. The summed E-state index contributed by atoms with van der Waals surface area (Å²) >= 11 is 0. The fraction of sp³-hybridized carbons (Fsp3) is 0.333. The predicted octanol–water partition coefficient (Wildman–Crippen LogP) is 6.96. The maximum atomic E-state index is 13.1. The number of carboxylic acid groups (broad SMARTS) is 1. The summed E-state index contributed by atoms with van der Waals surface area (Å²) in [5, 5.41) is 13.1. The van der Waals surface area contributed by atoms with E-state index in [1.54, 1.807) is 42.5 Å². The van der Waals surface area contributed by atoms with E-state index in [9.17, 15) is 23.1 Å². The average Bonchev–Trinajstić information content (AvgIpc) is 3.45. The molecule has 0 spiro atoms. The highest BCUT2D eigenvalue weighted by Gasteiger charge is 2.35. The number of allylic oxidation sites excluding steroid dienone is 2. The zero-order chi connectivity index (χ0) is 25.9. The fourth-order valence-electron chi connectivity index (χ4n) is 4.48. The van der Waals surface area contributed by atoms with Gasteiger partial charge in [0.05, 0.1) is 12.1 Å². The van der Waals surface area contributed by atoms with Gasteiger partial charge in [-0.05, 0) is 53.2 Å². The average molecular weight is 502 g/mol. The van der Waals surface area contributed by atoms with E-state index in [2.05, 4.69) is 9.89 Å². The Balaban J connectivity index is 1.51. The van der Waals surface area contributed by atoms with Crippen LogP contribution in [0.2, 0.25) is 0 Å². The molecular weight excluding hydrogens is 475 g/mol. The molecule has 2 aromatic carbocycles. The molecule has 1 unspecified atom stereocenters. The first-order valence-electron chi connectivity index (χ1n) is 11.5. The van der Waals surface area contributed by atoms with Crippen LogP contribution in [0.4, 0.5) is 13.2 Å². The third-order valence-electron chi connectivity index (χ3n) is 6.29. The van der Waals surface area contributed by atoms with E-state index in [4.69, 9.17) is 9.26 Å². The molecule has 1 N–H and O–H groups in total. The van der Waals surface area contributed by atoms with E-state index in [0.717, 1.165) is 24.0 Å². The Kier molecular flexibility index (Phi) is 7.10. The number of hydrogen-bond donors (Lipinski definition) is 1. The van der Waals surface area contributed by atoms with Crippen molar-refractivity contribution in [2.24, 2.45) is 5.41 Å². The summed E-state index contributed by atoms with van der Waals surface area (Å²) in [7, 11) is 0. The summed E-state index contributed by atoms with van der Waals surface area (Å²) in [4.78, 5) is 11.3. The van der Waals surface area contributed by atoms with Crippen molar-refractivity contribution in [3.05, 3.63) is 83.3 Å². The van der Waals surface area contributed by atoms with Crippen LogP contribution in [-0.2, 0) is 11.4 Å². The highest BCUT2D eigenvalue weighted by molar-refractivity contribution is 5.76. The zero-order valence-corrected chi connectivity index (χ0v) is 19.8. The van der Waals surface area contributed by atoms with Crippen LogP contribution < -0.4 is 9.47 Å². The van der Waals surface area contributed by atoms with Crippen molar-refractivity contribution in [3.8, 4) is 11.5 Å². The Bertz CT molecular complexity index is 1230. The van der Waals surface area contributed by atoms with E-state index in [1.807, 2.05) is 19.9 Å². The fourth-order valence-corrected chi connectivity index (χ4v) is 4.48. The maximum absolute atomic E-state index is 13.1. The van der Waals surface area contributed by atoms with Crippen molar-refractivity contribution in [1.82, 2.24) is 5.16 Å². The van der Waals surface area contributed by atoms with Crippen LogP contribution in [0.15, 0.2) is 65.4 Å². The first kappa shape index (κ1) is 25.3. The minimum absolute atomic E-state index is 0.0259. The highest BCUT2D eigenvalue weighted by Crippen LogP contribution is 2.47. The standard InChI is InChI=1S/C27H26F3NO5/c1-26(2)12-3-4-22(26)20-10-5-17(14-24(20)36-27(28,29)30)16-34-19-8-6-18(7-9-19)21(15-25(32)33)23-11-13-35-31-23/h4-11,13-14,21H,3,12,15-16H2,1-2H3,(H,32,33). The molecule has 36 heavy (non-hydrogen) atoms. The van der Waals surface area contributed by atoms with Gasteiger partial charge in [0.15, 0.2) is 0 Å². The lowest BCUT2D eigenvalue weighted by Crippen LogP contribution is -2.19. The van der Waals surface area contributed by atoms with Crippen LogP contribution in [0.3, 0.4) is 0 Å². The minimum Gasteiger partial charge on any atom is -0.489 e. The summed E-state index contributed by atoms with van der Waals surface area (Å²) in [6.07, 6.45) is 0.0379. The molecule has 0 fully saturated rings. The Morgan fingerprint density at radius 3 is 2.50 bits per heavy atom. The third-order valence-corrected chi connectivity index (χ3v) is 6.29.